The maximum absolute atomic E-state index is 4.44. The van der Waals surface area contributed by atoms with Crippen LogP contribution in [0.15, 0.2) is 6.20 Å². The highest BCUT2D eigenvalue weighted by molar-refractivity contribution is 5.24. The van der Waals surface area contributed by atoms with Gasteiger partial charge in [0.2, 0.25) is 0 Å². The van der Waals surface area contributed by atoms with Crippen molar-refractivity contribution in [2.24, 2.45) is 7.05 Å². The second kappa shape index (κ2) is 5.43. The smallest absolute Gasteiger partial charge is 0.0540 e. The van der Waals surface area contributed by atoms with Crippen LogP contribution < -0.4 is 5.32 Å². The third kappa shape index (κ3) is 2.46. The minimum atomic E-state index is 0.561. The van der Waals surface area contributed by atoms with Crippen molar-refractivity contribution < 1.29 is 0 Å². The first-order chi connectivity index (χ1) is 8.84. The fraction of sp³-hybridized carbons (Fsp3) is 0.800. The Balaban J connectivity index is 1.69. The molecule has 3 nitrogen and oxygen atoms in total. The van der Waals surface area contributed by atoms with Crippen LogP contribution >= 0.6 is 0 Å². The molecule has 2 aliphatic carbocycles. The van der Waals surface area contributed by atoms with E-state index in [0.717, 1.165) is 6.04 Å². The first-order valence-corrected chi connectivity index (χ1v) is 7.61. The number of fused-ring (bicyclic) bond motifs is 1. The Morgan fingerprint density at radius 2 is 1.89 bits per heavy atom. The molecule has 0 aromatic carbocycles. The van der Waals surface area contributed by atoms with Crippen LogP contribution in [0.3, 0.4) is 0 Å². The first kappa shape index (κ1) is 12.2. The zero-order valence-corrected chi connectivity index (χ0v) is 11.5. The summed E-state index contributed by atoms with van der Waals surface area (Å²) in [4.78, 5) is 0. The highest BCUT2D eigenvalue weighted by atomic mass is 15.3. The van der Waals surface area contributed by atoms with Gasteiger partial charge in [0.05, 0.1) is 6.20 Å². The zero-order valence-electron chi connectivity index (χ0n) is 11.5. The summed E-state index contributed by atoms with van der Waals surface area (Å²) in [5.74, 6) is 0. The molecule has 3 heteroatoms. The van der Waals surface area contributed by atoms with Gasteiger partial charge in [0.1, 0.15) is 0 Å². The first-order valence-electron chi connectivity index (χ1n) is 7.61. The second-order valence-electron chi connectivity index (χ2n) is 5.97. The molecule has 1 unspecified atom stereocenters. The number of aryl methyl sites for hydroxylation is 1. The van der Waals surface area contributed by atoms with Gasteiger partial charge >= 0.3 is 0 Å². The Morgan fingerprint density at radius 3 is 2.67 bits per heavy atom. The van der Waals surface area contributed by atoms with Crippen LogP contribution in [0.1, 0.15) is 68.7 Å². The van der Waals surface area contributed by atoms with E-state index in [1.54, 1.807) is 0 Å². The zero-order chi connectivity index (χ0) is 12.4. The fourth-order valence-corrected chi connectivity index (χ4v) is 3.61. The molecule has 3 rings (SSSR count). The van der Waals surface area contributed by atoms with E-state index < -0.39 is 0 Å². The van der Waals surface area contributed by atoms with Crippen molar-refractivity contribution in [1.29, 1.82) is 0 Å². The topological polar surface area (TPSA) is 29.9 Å². The van der Waals surface area contributed by atoms with Crippen LogP contribution in [0.25, 0.3) is 0 Å². The van der Waals surface area contributed by atoms with E-state index in [0.29, 0.717) is 6.04 Å². The molecule has 1 aromatic rings. The van der Waals surface area contributed by atoms with Gasteiger partial charge in [-0.05, 0) is 32.1 Å². The average Bonchev–Trinajstić information content (AvgIpc) is 2.62. The predicted molar refractivity (Wildman–Crippen MR) is 73.5 cm³/mol. The summed E-state index contributed by atoms with van der Waals surface area (Å²) in [6.45, 7) is 0. The lowest BCUT2D eigenvalue weighted by molar-refractivity contribution is 0.365. The summed E-state index contributed by atoms with van der Waals surface area (Å²) in [6.07, 6.45) is 14.3. The van der Waals surface area contributed by atoms with E-state index in [4.69, 9.17) is 0 Å². The molecule has 0 spiro atoms. The van der Waals surface area contributed by atoms with Crippen LogP contribution in [0.2, 0.25) is 0 Å². The van der Waals surface area contributed by atoms with Gasteiger partial charge in [-0.25, -0.2) is 0 Å². The fourth-order valence-electron chi connectivity index (χ4n) is 3.61. The summed E-state index contributed by atoms with van der Waals surface area (Å²) >= 11 is 0. The summed E-state index contributed by atoms with van der Waals surface area (Å²) in [5, 5.41) is 8.35. The number of aromatic nitrogens is 2. The molecule has 0 aliphatic heterocycles. The van der Waals surface area contributed by atoms with E-state index in [9.17, 15) is 0 Å². The molecule has 1 heterocycles. The molecule has 1 fully saturated rings. The minimum Gasteiger partial charge on any atom is -0.307 e. The number of rotatable bonds is 2. The molecular formula is C15H25N3. The number of hydrogen-bond donors (Lipinski definition) is 1. The SMILES string of the molecule is Cn1ncc2c1CCCC2NC1CCCCCC1. The number of nitrogens with zero attached hydrogens (tertiary/aromatic N) is 2. The molecule has 0 amide bonds. The predicted octanol–water partition coefficient (Wildman–Crippen LogP) is 3.11. The highest BCUT2D eigenvalue weighted by Gasteiger charge is 2.25. The average molecular weight is 247 g/mol. The van der Waals surface area contributed by atoms with E-state index in [-0.39, 0.29) is 0 Å². The molecule has 100 valence electrons. The van der Waals surface area contributed by atoms with Crippen LogP contribution in [-0.4, -0.2) is 15.8 Å². The van der Waals surface area contributed by atoms with Crippen LogP contribution in [0, 0.1) is 0 Å². The maximum Gasteiger partial charge on any atom is 0.0540 e. The van der Waals surface area contributed by atoms with Crippen molar-refractivity contribution in [3.63, 3.8) is 0 Å². The monoisotopic (exact) mass is 247 g/mol. The quantitative estimate of drug-likeness (QED) is 0.814. The lowest BCUT2D eigenvalue weighted by Crippen LogP contribution is -2.34. The molecule has 2 aliphatic rings. The lowest BCUT2D eigenvalue weighted by Gasteiger charge is -2.28. The number of hydrogen-bond acceptors (Lipinski definition) is 2. The van der Waals surface area contributed by atoms with Gasteiger partial charge in [-0.3, -0.25) is 4.68 Å². The third-order valence-corrected chi connectivity index (χ3v) is 4.67. The Bertz CT molecular complexity index is 388. The molecule has 1 aromatic heterocycles. The van der Waals surface area contributed by atoms with Crippen molar-refractivity contribution >= 4 is 0 Å². The van der Waals surface area contributed by atoms with E-state index in [2.05, 4.69) is 28.3 Å². The Hall–Kier alpha value is -0.830. The normalized spacial score (nSPS) is 25.7. The lowest BCUT2D eigenvalue weighted by atomic mass is 9.91. The van der Waals surface area contributed by atoms with Crippen LogP contribution in [0.4, 0.5) is 0 Å². The summed E-state index contributed by atoms with van der Waals surface area (Å²) in [7, 11) is 2.08. The van der Waals surface area contributed by atoms with Crippen molar-refractivity contribution in [3.8, 4) is 0 Å². The summed E-state index contributed by atoms with van der Waals surface area (Å²) in [6, 6.07) is 1.30. The van der Waals surface area contributed by atoms with Crippen LogP contribution in [0.5, 0.6) is 0 Å². The molecule has 0 radical (unpaired) electrons. The van der Waals surface area contributed by atoms with E-state index >= 15 is 0 Å². The Kier molecular flexibility index (Phi) is 3.69. The maximum atomic E-state index is 4.44. The third-order valence-electron chi connectivity index (χ3n) is 4.67. The Morgan fingerprint density at radius 1 is 1.11 bits per heavy atom. The van der Waals surface area contributed by atoms with Gasteiger partial charge in [-0.15, -0.1) is 0 Å². The van der Waals surface area contributed by atoms with Crippen molar-refractivity contribution in [2.45, 2.75) is 69.9 Å². The van der Waals surface area contributed by atoms with Gasteiger partial charge < -0.3 is 5.32 Å². The molecule has 0 bridgehead atoms. The molecule has 1 N–H and O–H groups in total. The highest BCUT2D eigenvalue weighted by Crippen LogP contribution is 2.31. The summed E-state index contributed by atoms with van der Waals surface area (Å²) in [5.41, 5.74) is 2.92. The van der Waals surface area contributed by atoms with Gasteiger partial charge in [-0.1, -0.05) is 25.7 Å². The standard InChI is InChI=1S/C15H25N3/c1-18-15-10-6-9-14(13(15)11-16-18)17-12-7-4-2-3-5-8-12/h11-12,14,17H,2-10H2,1H3. The molecular weight excluding hydrogens is 222 g/mol. The molecule has 18 heavy (non-hydrogen) atoms. The molecule has 1 atom stereocenters. The molecule has 0 saturated heterocycles. The molecule has 1 saturated carbocycles. The minimum absolute atomic E-state index is 0.561. The second-order valence-corrected chi connectivity index (χ2v) is 5.97. The van der Waals surface area contributed by atoms with E-state index in [1.165, 1.54) is 69.0 Å². The van der Waals surface area contributed by atoms with Gasteiger partial charge in [0, 0.05) is 30.4 Å². The number of nitrogens with one attached hydrogen (secondary N) is 1. The summed E-state index contributed by atoms with van der Waals surface area (Å²) < 4.78 is 2.07. The van der Waals surface area contributed by atoms with Gasteiger partial charge in [0.15, 0.2) is 0 Å². The van der Waals surface area contributed by atoms with Crippen molar-refractivity contribution in [2.75, 3.05) is 0 Å². The van der Waals surface area contributed by atoms with E-state index in [1.807, 2.05) is 0 Å². The van der Waals surface area contributed by atoms with Crippen molar-refractivity contribution in [3.05, 3.63) is 17.5 Å². The Labute approximate surface area is 110 Å². The largest absolute Gasteiger partial charge is 0.307 e. The van der Waals surface area contributed by atoms with Gasteiger partial charge in [-0.2, -0.15) is 5.10 Å². The van der Waals surface area contributed by atoms with Crippen LogP contribution in [-0.2, 0) is 13.5 Å². The van der Waals surface area contributed by atoms with Crippen molar-refractivity contribution in [1.82, 2.24) is 15.1 Å². The van der Waals surface area contributed by atoms with Gasteiger partial charge in [0.25, 0.3) is 0 Å².